The van der Waals surface area contributed by atoms with Gasteiger partial charge in [0, 0.05) is 0 Å². The monoisotopic (exact) mass is 302 g/mol. The van der Waals surface area contributed by atoms with Crippen molar-refractivity contribution in [3.63, 3.8) is 0 Å². The van der Waals surface area contributed by atoms with E-state index in [1.165, 1.54) is 48.5 Å². The first-order valence-corrected chi connectivity index (χ1v) is 7.19. The second-order valence-corrected chi connectivity index (χ2v) is 5.52. The number of amides is 1. The molecule has 0 aliphatic rings. The highest BCUT2D eigenvalue weighted by molar-refractivity contribution is 7.87. The van der Waals surface area contributed by atoms with Gasteiger partial charge in [-0.15, -0.1) is 0 Å². The number of carbonyl (C=O) groups is 1. The van der Waals surface area contributed by atoms with Crippen LogP contribution in [-0.4, -0.2) is 14.3 Å². The van der Waals surface area contributed by atoms with Crippen LogP contribution in [-0.2, 0) is 10.1 Å². The molecular formula is C14H10N2O4S. The fourth-order valence-electron chi connectivity index (χ4n) is 1.68. The van der Waals surface area contributed by atoms with Gasteiger partial charge < -0.3 is 9.92 Å². The van der Waals surface area contributed by atoms with Crippen molar-refractivity contribution >= 4 is 16.0 Å². The topological polar surface area (TPSA) is 110 Å². The van der Waals surface area contributed by atoms with E-state index in [4.69, 9.17) is 15.2 Å². The number of para-hydroxylation sites is 1. The van der Waals surface area contributed by atoms with Crippen LogP contribution < -0.4 is 9.92 Å². The van der Waals surface area contributed by atoms with Gasteiger partial charge in [-0.2, -0.15) is 13.7 Å². The molecule has 0 aromatic heterocycles. The largest absolute Gasteiger partial charge is 0.378 e. The van der Waals surface area contributed by atoms with Gasteiger partial charge in [-0.05, 0) is 24.3 Å². The Hall–Kier alpha value is -2.85. The van der Waals surface area contributed by atoms with Crippen LogP contribution in [0.15, 0.2) is 53.4 Å². The molecule has 1 amide bonds. The van der Waals surface area contributed by atoms with Gasteiger partial charge in [0.2, 0.25) is 0 Å². The van der Waals surface area contributed by atoms with E-state index >= 15 is 0 Å². The minimum Gasteiger partial charge on any atom is -0.378 e. The highest BCUT2D eigenvalue weighted by Gasteiger charge is 2.22. The summed E-state index contributed by atoms with van der Waals surface area (Å²) in [7, 11) is -4.24. The quantitative estimate of drug-likeness (QED) is 0.859. The van der Waals surface area contributed by atoms with E-state index in [1.807, 2.05) is 0 Å². The van der Waals surface area contributed by atoms with Crippen molar-refractivity contribution in [2.45, 2.75) is 4.90 Å². The number of hydrogen-bond acceptors (Lipinski definition) is 5. The Morgan fingerprint density at radius 2 is 1.71 bits per heavy atom. The lowest BCUT2D eigenvalue weighted by atomic mass is 10.2. The van der Waals surface area contributed by atoms with Crippen LogP contribution in [0.1, 0.15) is 15.9 Å². The molecule has 2 aromatic rings. The normalized spacial score (nSPS) is 10.6. The first-order chi connectivity index (χ1) is 9.95. The summed E-state index contributed by atoms with van der Waals surface area (Å²) in [6, 6.07) is 13.1. The van der Waals surface area contributed by atoms with Crippen molar-refractivity contribution in [2.75, 3.05) is 0 Å². The third-order valence-electron chi connectivity index (χ3n) is 2.63. The Balaban J connectivity index is 2.49. The number of nitrogens with zero attached hydrogens (tertiary/aromatic N) is 1. The van der Waals surface area contributed by atoms with Crippen LogP contribution in [0.3, 0.4) is 0 Å². The predicted octanol–water partition coefficient (Wildman–Crippen LogP) is 1.42. The summed E-state index contributed by atoms with van der Waals surface area (Å²) in [6.07, 6.45) is 0. The number of primary amides is 1. The number of nitriles is 1. The lowest BCUT2D eigenvalue weighted by molar-refractivity contribution is 0.0999. The number of nitrogens with two attached hydrogens (primary N) is 1. The van der Waals surface area contributed by atoms with E-state index in [0.29, 0.717) is 0 Å². The average Bonchev–Trinajstić information content (AvgIpc) is 2.47. The second kappa shape index (κ2) is 5.64. The molecule has 2 N–H and O–H groups in total. The third kappa shape index (κ3) is 3.01. The standard InChI is InChI=1S/C14H10N2O4S/c15-9-10-5-1-4-8-13(10)21(18,19)20-12-7-3-2-6-11(12)14(16)17/h1-8H,(H2,16,17). The van der Waals surface area contributed by atoms with Crippen LogP contribution in [0, 0.1) is 11.3 Å². The molecule has 2 rings (SSSR count). The molecule has 0 spiro atoms. The zero-order valence-corrected chi connectivity index (χ0v) is 11.5. The lowest BCUT2D eigenvalue weighted by Gasteiger charge is -2.10. The van der Waals surface area contributed by atoms with Gasteiger partial charge in [-0.3, -0.25) is 4.79 Å². The van der Waals surface area contributed by atoms with Crippen molar-refractivity contribution in [1.29, 1.82) is 5.26 Å². The number of benzene rings is 2. The minimum atomic E-state index is -4.24. The van der Waals surface area contributed by atoms with Crippen LogP contribution in [0.2, 0.25) is 0 Å². The summed E-state index contributed by atoms with van der Waals surface area (Å²) in [6.45, 7) is 0. The summed E-state index contributed by atoms with van der Waals surface area (Å²) in [5.41, 5.74) is 5.06. The Labute approximate surface area is 121 Å². The number of hydrogen-bond donors (Lipinski definition) is 1. The lowest BCUT2D eigenvalue weighted by Crippen LogP contribution is -2.16. The zero-order chi connectivity index (χ0) is 15.5. The first kappa shape index (κ1) is 14.6. The smallest absolute Gasteiger partial charge is 0.340 e. The van der Waals surface area contributed by atoms with E-state index in [-0.39, 0.29) is 21.8 Å². The summed E-state index contributed by atoms with van der Waals surface area (Å²) >= 11 is 0. The molecule has 0 unspecified atom stereocenters. The zero-order valence-electron chi connectivity index (χ0n) is 10.7. The molecule has 0 heterocycles. The maximum Gasteiger partial charge on any atom is 0.340 e. The maximum absolute atomic E-state index is 12.2. The summed E-state index contributed by atoms with van der Waals surface area (Å²) in [5.74, 6) is -0.993. The fraction of sp³-hybridized carbons (Fsp3) is 0. The molecule has 0 fully saturated rings. The predicted molar refractivity (Wildman–Crippen MR) is 73.9 cm³/mol. The van der Waals surface area contributed by atoms with Crippen molar-refractivity contribution in [2.24, 2.45) is 5.73 Å². The van der Waals surface area contributed by atoms with Crippen LogP contribution in [0.4, 0.5) is 0 Å². The van der Waals surface area contributed by atoms with Crippen molar-refractivity contribution < 1.29 is 17.4 Å². The number of rotatable bonds is 4. The van der Waals surface area contributed by atoms with Gasteiger partial charge in [0.15, 0.2) is 5.75 Å². The Morgan fingerprint density at radius 3 is 2.38 bits per heavy atom. The molecule has 0 saturated heterocycles. The maximum atomic E-state index is 12.2. The molecule has 0 bridgehead atoms. The Bertz CT molecular complexity index is 838. The molecule has 0 saturated carbocycles. The highest BCUT2D eigenvalue weighted by atomic mass is 32.2. The van der Waals surface area contributed by atoms with Crippen LogP contribution in [0.25, 0.3) is 0 Å². The SMILES string of the molecule is N#Cc1ccccc1S(=O)(=O)Oc1ccccc1C(N)=O. The highest BCUT2D eigenvalue weighted by Crippen LogP contribution is 2.24. The van der Waals surface area contributed by atoms with Crippen molar-refractivity contribution in [1.82, 2.24) is 0 Å². The Morgan fingerprint density at radius 1 is 1.10 bits per heavy atom. The first-order valence-electron chi connectivity index (χ1n) is 5.78. The molecule has 0 aliphatic carbocycles. The van der Waals surface area contributed by atoms with E-state index in [2.05, 4.69) is 0 Å². The molecule has 6 nitrogen and oxygen atoms in total. The molecular weight excluding hydrogens is 292 g/mol. The van der Waals surface area contributed by atoms with Gasteiger partial charge in [-0.1, -0.05) is 24.3 Å². The van der Waals surface area contributed by atoms with Crippen molar-refractivity contribution in [3.8, 4) is 11.8 Å². The molecule has 7 heteroatoms. The van der Waals surface area contributed by atoms with E-state index in [0.717, 1.165) is 0 Å². The Kier molecular flexibility index (Phi) is 3.91. The van der Waals surface area contributed by atoms with Crippen LogP contribution >= 0.6 is 0 Å². The molecule has 2 aromatic carbocycles. The molecule has 0 radical (unpaired) electrons. The summed E-state index contributed by atoms with van der Waals surface area (Å²) < 4.78 is 29.4. The van der Waals surface area contributed by atoms with Gasteiger partial charge in [0.25, 0.3) is 5.91 Å². The van der Waals surface area contributed by atoms with E-state index in [9.17, 15) is 13.2 Å². The van der Waals surface area contributed by atoms with Gasteiger partial charge in [-0.25, -0.2) is 0 Å². The molecule has 106 valence electrons. The van der Waals surface area contributed by atoms with E-state index in [1.54, 1.807) is 6.07 Å². The molecule has 0 atom stereocenters. The fourth-order valence-corrected chi connectivity index (χ4v) is 2.78. The van der Waals surface area contributed by atoms with Gasteiger partial charge in [0.1, 0.15) is 11.0 Å². The minimum absolute atomic E-state index is 0.0472. The average molecular weight is 302 g/mol. The number of carbonyl (C=O) groups excluding carboxylic acids is 1. The van der Waals surface area contributed by atoms with Crippen molar-refractivity contribution in [3.05, 3.63) is 59.7 Å². The van der Waals surface area contributed by atoms with Gasteiger partial charge >= 0.3 is 10.1 Å². The van der Waals surface area contributed by atoms with E-state index < -0.39 is 16.0 Å². The third-order valence-corrected chi connectivity index (χ3v) is 3.92. The second-order valence-electron chi connectivity index (χ2n) is 4.01. The molecule has 21 heavy (non-hydrogen) atoms. The van der Waals surface area contributed by atoms with Gasteiger partial charge in [0.05, 0.1) is 11.1 Å². The summed E-state index contributed by atoms with van der Waals surface area (Å²) in [4.78, 5) is 11.0. The molecule has 0 aliphatic heterocycles. The van der Waals surface area contributed by atoms with Crippen LogP contribution in [0.5, 0.6) is 5.75 Å². The summed E-state index contributed by atoms with van der Waals surface area (Å²) in [5, 5.41) is 8.95.